The second-order valence-corrected chi connectivity index (χ2v) is 6.34. The van der Waals surface area contributed by atoms with Gasteiger partial charge in [-0.1, -0.05) is 11.2 Å². The fraction of sp³-hybridized carbons (Fsp3) is 0.444. The highest BCUT2D eigenvalue weighted by molar-refractivity contribution is 5.92. The molecule has 6 nitrogen and oxygen atoms in total. The maximum absolute atomic E-state index is 12.3. The van der Waals surface area contributed by atoms with Gasteiger partial charge in [0.2, 0.25) is 0 Å². The van der Waals surface area contributed by atoms with Crippen LogP contribution in [0.4, 0.5) is 0 Å². The maximum Gasteiger partial charge on any atom is 0.273 e. The number of ether oxygens (including phenoxy) is 2. The second-order valence-electron chi connectivity index (χ2n) is 6.34. The molecule has 2 heterocycles. The van der Waals surface area contributed by atoms with Gasteiger partial charge in [0.25, 0.3) is 5.91 Å². The molecule has 0 saturated heterocycles. The van der Waals surface area contributed by atoms with Crippen molar-refractivity contribution in [2.45, 2.75) is 38.1 Å². The van der Waals surface area contributed by atoms with Crippen molar-refractivity contribution in [2.24, 2.45) is 0 Å². The molecule has 2 aliphatic rings. The first kappa shape index (κ1) is 15.1. The van der Waals surface area contributed by atoms with Crippen LogP contribution >= 0.6 is 0 Å². The molecule has 1 amide bonds. The number of nitrogens with zero attached hydrogens (tertiary/aromatic N) is 1. The van der Waals surface area contributed by atoms with E-state index in [2.05, 4.69) is 10.5 Å². The van der Waals surface area contributed by atoms with Gasteiger partial charge in [-0.3, -0.25) is 4.79 Å². The van der Waals surface area contributed by atoms with E-state index in [4.69, 9.17) is 14.0 Å². The van der Waals surface area contributed by atoms with Gasteiger partial charge in [0.1, 0.15) is 5.76 Å². The van der Waals surface area contributed by atoms with Crippen LogP contribution in [0.5, 0.6) is 11.5 Å². The zero-order valence-corrected chi connectivity index (χ0v) is 13.6. The summed E-state index contributed by atoms with van der Waals surface area (Å²) in [6.07, 6.45) is 3.10. The van der Waals surface area contributed by atoms with Gasteiger partial charge in [-0.15, -0.1) is 0 Å². The molecular formula is C18H20N2O4. The van der Waals surface area contributed by atoms with E-state index in [-0.39, 0.29) is 11.9 Å². The van der Waals surface area contributed by atoms with Crippen molar-refractivity contribution in [2.75, 3.05) is 13.2 Å². The first-order valence-electron chi connectivity index (χ1n) is 8.38. The third-order valence-corrected chi connectivity index (χ3v) is 4.36. The summed E-state index contributed by atoms with van der Waals surface area (Å²) in [5, 5.41) is 6.82. The molecule has 1 aromatic carbocycles. The summed E-state index contributed by atoms with van der Waals surface area (Å²) in [5.74, 6) is 2.50. The Bertz CT molecular complexity index is 751. The Labute approximate surface area is 140 Å². The molecule has 1 unspecified atom stereocenters. The summed E-state index contributed by atoms with van der Waals surface area (Å²) in [4.78, 5) is 12.3. The van der Waals surface area contributed by atoms with Gasteiger partial charge in [0.05, 0.1) is 19.3 Å². The van der Waals surface area contributed by atoms with E-state index < -0.39 is 0 Å². The maximum atomic E-state index is 12.3. The van der Waals surface area contributed by atoms with Crippen LogP contribution in [0.25, 0.3) is 0 Å². The molecule has 6 heteroatoms. The highest BCUT2D eigenvalue weighted by Crippen LogP contribution is 2.40. The summed E-state index contributed by atoms with van der Waals surface area (Å²) in [6.45, 7) is 3.23. The summed E-state index contributed by atoms with van der Waals surface area (Å²) in [7, 11) is 0. The Morgan fingerprint density at radius 2 is 2.00 bits per heavy atom. The van der Waals surface area contributed by atoms with Crippen molar-refractivity contribution in [1.29, 1.82) is 0 Å². The van der Waals surface area contributed by atoms with E-state index in [1.54, 1.807) is 6.07 Å². The van der Waals surface area contributed by atoms with Crippen LogP contribution in [0.3, 0.4) is 0 Å². The molecule has 0 spiro atoms. The van der Waals surface area contributed by atoms with E-state index >= 15 is 0 Å². The normalized spacial score (nSPS) is 17.9. The molecule has 0 radical (unpaired) electrons. The summed E-state index contributed by atoms with van der Waals surface area (Å²) < 4.78 is 16.6. The van der Waals surface area contributed by atoms with Crippen molar-refractivity contribution < 1.29 is 18.8 Å². The fourth-order valence-corrected chi connectivity index (χ4v) is 2.76. The minimum atomic E-state index is -0.231. The van der Waals surface area contributed by atoms with Gasteiger partial charge in [0.15, 0.2) is 17.2 Å². The summed E-state index contributed by atoms with van der Waals surface area (Å²) >= 11 is 0. The van der Waals surface area contributed by atoms with Crippen LogP contribution in [-0.2, 0) is 0 Å². The van der Waals surface area contributed by atoms with E-state index in [1.165, 1.54) is 0 Å². The van der Waals surface area contributed by atoms with Crippen LogP contribution in [0, 0.1) is 0 Å². The second kappa shape index (κ2) is 6.19. The van der Waals surface area contributed by atoms with Crippen molar-refractivity contribution >= 4 is 5.91 Å². The molecule has 1 fully saturated rings. The number of nitrogens with one attached hydrogen (secondary N) is 1. The molecule has 126 valence electrons. The van der Waals surface area contributed by atoms with Crippen LogP contribution < -0.4 is 14.8 Å². The Kier molecular flexibility index (Phi) is 3.88. The number of amides is 1. The number of benzene rings is 1. The van der Waals surface area contributed by atoms with Gasteiger partial charge < -0.3 is 19.3 Å². The largest absolute Gasteiger partial charge is 0.490 e. The molecular weight excluding hydrogens is 308 g/mol. The Hall–Kier alpha value is -2.50. The number of hydrogen-bond donors (Lipinski definition) is 1. The Balaban J connectivity index is 1.45. The monoisotopic (exact) mass is 328 g/mol. The van der Waals surface area contributed by atoms with Crippen LogP contribution in [0.2, 0.25) is 0 Å². The van der Waals surface area contributed by atoms with Gasteiger partial charge >= 0.3 is 0 Å². The van der Waals surface area contributed by atoms with E-state index in [9.17, 15) is 4.79 Å². The van der Waals surface area contributed by atoms with Crippen molar-refractivity contribution in [1.82, 2.24) is 10.5 Å². The lowest BCUT2D eigenvalue weighted by molar-refractivity contribution is 0.0930. The van der Waals surface area contributed by atoms with E-state index in [0.717, 1.165) is 42.1 Å². The summed E-state index contributed by atoms with van der Waals surface area (Å²) in [6, 6.07) is 7.32. The molecule has 24 heavy (non-hydrogen) atoms. The third kappa shape index (κ3) is 3.09. The van der Waals surface area contributed by atoms with Gasteiger partial charge in [-0.05, 0) is 37.5 Å². The van der Waals surface area contributed by atoms with Crippen LogP contribution in [0.1, 0.15) is 60.0 Å². The quantitative estimate of drug-likeness (QED) is 0.933. The summed E-state index contributed by atoms with van der Waals surface area (Å²) in [5.41, 5.74) is 1.29. The molecule has 0 bridgehead atoms. The minimum absolute atomic E-state index is 0.171. The lowest BCUT2D eigenvalue weighted by atomic mass is 10.1. The predicted octanol–water partition coefficient (Wildman–Crippen LogP) is 3.20. The average Bonchev–Trinajstić information content (AvgIpc) is 3.36. The highest BCUT2D eigenvalue weighted by atomic mass is 16.5. The molecule has 1 aliphatic heterocycles. The third-order valence-electron chi connectivity index (χ3n) is 4.36. The average molecular weight is 328 g/mol. The first-order chi connectivity index (χ1) is 11.7. The van der Waals surface area contributed by atoms with E-state index in [0.29, 0.717) is 24.8 Å². The number of aromatic nitrogens is 1. The van der Waals surface area contributed by atoms with Gasteiger partial charge in [-0.25, -0.2) is 0 Å². The van der Waals surface area contributed by atoms with Crippen molar-refractivity contribution in [3.63, 3.8) is 0 Å². The molecule has 1 atom stereocenters. The Morgan fingerprint density at radius 3 is 2.79 bits per heavy atom. The van der Waals surface area contributed by atoms with Crippen LogP contribution in [-0.4, -0.2) is 24.3 Å². The lowest BCUT2D eigenvalue weighted by Crippen LogP contribution is -2.26. The number of carbonyl (C=O) groups excluding carboxylic acids is 1. The van der Waals surface area contributed by atoms with E-state index in [1.807, 2.05) is 25.1 Å². The molecule has 1 aliphatic carbocycles. The number of fused-ring (bicyclic) bond motifs is 1. The van der Waals surface area contributed by atoms with Gasteiger partial charge in [-0.2, -0.15) is 0 Å². The standard InChI is InChI=1S/C18H20N2O4/c1-11(13-5-6-15-17(9-13)23-8-2-7-22-15)19-18(21)14-10-16(24-20-14)12-3-4-12/h5-6,9-12H,2-4,7-8H2,1H3,(H,19,21). The molecule has 1 N–H and O–H groups in total. The SMILES string of the molecule is CC(NC(=O)c1cc(C2CC2)on1)c1ccc2c(c1)OCCCO2. The molecule has 1 aromatic heterocycles. The smallest absolute Gasteiger partial charge is 0.273 e. The fourth-order valence-electron chi connectivity index (χ4n) is 2.76. The molecule has 1 saturated carbocycles. The molecule has 2 aromatic rings. The molecule has 4 rings (SSSR count). The number of rotatable bonds is 4. The Morgan fingerprint density at radius 1 is 1.21 bits per heavy atom. The highest BCUT2D eigenvalue weighted by Gasteiger charge is 2.29. The number of hydrogen-bond acceptors (Lipinski definition) is 5. The minimum Gasteiger partial charge on any atom is -0.490 e. The topological polar surface area (TPSA) is 73.6 Å². The predicted molar refractivity (Wildman–Crippen MR) is 86.4 cm³/mol. The zero-order chi connectivity index (χ0) is 16.5. The number of carbonyl (C=O) groups is 1. The van der Waals surface area contributed by atoms with Crippen molar-refractivity contribution in [3.05, 3.63) is 41.3 Å². The lowest BCUT2D eigenvalue weighted by Gasteiger charge is -2.15. The van der Waals surface area contributed by atoms with Gasteiger partial charge in [0, 0.05) is 18.4 Å². The zero-order valence-electron chi connectivity index (χ0n) is 13.6. The van der Waals surface area contributed by atoms with Crippen LogP contribution in [0.15, 0.2) is 28.8 Å². The first-order valence-corrected chi connectivity index (χ1v) is 8.38. The van der Waals surface area contributed by atoms with Crippen molar-refractivity contribution in [3.8, 4) is 11.5 Å².